The van der Waals surface area contributed by atoms with Gasteiger partial charge in [-0.3, -0.25) is 24.1 Å². The Bertz CT molecular complexity index is 2420. The zero-order chi connectivity index (χ0) is 32.4. The maximum Gasteiger partial charge on any atom is 0.256 e. The van der Waals surface area contributed by atoms with Crippen LogP contribution in [0.15, 0.2) is 67.5 Å². The van der Waals surface area contributed by atoms with Crippen molar-refractivity contribution in [2.75, 3.05) is 57.4 Å². The molecule has 2 saturated heterocycles. The average molecular weight is 638 g/mol. The van der Waals surface area contributed by atoms with E-state index in [2.05, 4.69) is 10.2 Å². The summed E-state index contributed by atoms with van der Waals surface area (Å²) in [6.07, 6.45) is 2.74. The summed E-state index contributed by atoms with van der Waals surface area (Å²) in [5.41, 5.74) is 5.72. The van der Waals surface area contributed by atoms with Gasteiger partial charge in [0.2, 0.25) is 5.43 Å². The molecule has 0 bridgehead atoms. The molecule has 0 radical (unpaired) electrons. The van der Waals surface area contributed by atoms with Crippen molar-refractivity contribution in [3.05, 3.63) is 90.7 Å². The van der Waals surface area contributed by atoms with Crippen molar-refractivity contribution in [1.29, 1.82) is 0 Å². The van der Waals surface area contributed by atoms with Crippen molar-refractivity contribution < 1.29 is 18.3 Å². The lowest BCUT2D eigenvalue weighted by molar-refractivity contribution is 0.0374. The first-order chi connectivity index (χ1) is 22.8. The first kappa shape index (κ1) is 29.5. The van der Waals surface area contributed by atoms with Crippen molar-refractivity contribution in [2.24, 2.45) is 5.73 Å². The molecule has 12 heteroatoms. The van der Waals surface area contributed by atoms with Gasteiger partial charge in [-0.1, -0.05) is 24.3 Å². The second-order valence-electron chi connectivity index (χ2n) is 12.4. The lowest BCUT2D eigenvalue weighted by atomic mass is 10.0. The van der Waals surface area contributed by atoms with Crippen molar-refractivity contribution in [2.45, 2.75) is 18.9 Å². The number of morpholine rings is 1. The second-order valence-corrected chi connectivity index (χ2v) is 12.4. The molecule has 8 rings (SSSR count). The van der Waals surface area contributed by atoms with E-state index in [0.29, 0.717) is 56.6 Å². The van der Waals surface area contributed by atoms with E-state index in [1.807, 2.05) is 0 Å². The highest BCUT2D eigenvalue weighted by molar-refractivity contribution is 6.08. The third kappa shape index (κ3) is 4.82. The van der Waals surface area contributed by atoms with Gasteiger partial charge in [0.15, 0.2) is 27.8 Å². The Morgan fingerprint density at radius 3 is 2.36 bits per heavy atom. The molecule has 0 aliphatic carbocycles. The molecule has 4 aromatic carbocycles. The molecule has 6 aromatic rings. The van der Waals surface area contributed by atoms with E-state index in [4.69, 9.17) is 14.9 Å². The Kier molecular flexibility index (Phi) is 7.16. The van der Waals surface area contributed by atoms with E-state index < -0.39 is 17.2 Å². The summed E-state index contributed by atoms with van der Waals surface area (Å²) >= 11 is 0. The minimum Gasteiger partial charge on any atom is -0.451 e. The summed E-state index contributed by atoms with van der Waals surface area (Å²) in [7, 11) is 0. The monoisotopic (exact) mass is 637 g/mol. The van der Waals surface area contributed by atoms with Gasteiger partial charge in [0, 0.05) is 66.5 Å². The Labute approximate surface area is 266 Å². The number of benzene rings is 4. The number of halogens is 1. The number of carbonyl (C=O) groups excluding carboxylic acids is 1. The smallest absolute Gasteiger partial charge is 0.256 e. The Morgan fingerprint density at radius 1 is 0.936 bits per heavy atom. The summed E-state index contributed by atoms with van der Waals surface area (Å²) in [4.78, 5) is 58.6. The van der Waals surface area contributed by atoms with Gasteiger partial charge < -0.3 is 29.5 Å². The molecule has 0 saturated carbocycles. The number of fused-ring (bicyclic) bond motifs is 4. The standard InChI is InChI=1S/C35H32FN5O6/c36-26-14-24-29-34(30(26)40-9-6-19(37)17-40)47-28-16-23-22(31(42)20-4-1-2-5-21(20)32(23)43)15-27(28)41(29)18-25(33(24)44)35(45)38-7-3-8-39-10-12-46-13-11-39/h1-2,4-5,14-16,18-19H,3,6-13,17,37H2,(H,38,45). The van der Waals surface area contributed by atoms with E-state index in [9.17, 15) is 19.2 Å². The maximum atomic E-state index is 16.0. The van der Waals surface area contributed by atoms with Gasteiger partial charge in [-0.15, -0.1) is 0 Å². The van der Waals surface area contributed by atoms with Crippen LogP contribution in [0.25, 0.3) is 49.1 Å². The Morgan fingerprint density at radius 2 is 1.66 bits per heavy atom. The molecule has 47 heavy (non-hydrogen) atoms. The number of nitrogens with one attached hydrogen (secondary N) is 1. The summed E-state index contributed by atoms with van der Waals surface area (Å²) < 4.78 is 29.4. The number of nitrogens with two attached hydrogens (primary N) is 1. The van der Waals surface area contributed by atoms with Crippen LogP contribution in [0.1, 0.15) is 23.2 Å². The SMILES string of the molecule is NC1CCN(c2c(F)cc3c(=O)c(C(=O)NCCCN4CCOCC4)cn4c5cc6c(=O)c7ccccc7c(=O)c6cc5oc2c34)C1. The van der Waals surface area contributed by atoms with Gasteiger partial charge in [-0.25, -0.2) is 4.39 Å². The molecule has 3 N–H and O–H groups in total. The molecule has 1 atom stereocenters. The molecule has 2 aromatic heterocycles. The third-order valence-electron chi connectivity index (χ3n) is 9.47. The number of carbonyl (C=O) groups is 1. The van der Waals surface area contributed by atoms with Crippen LogP contribution in [-0.4, -0.2) is 73.7 Å². The molecule has 0 spiro atoms. The Balaban J connectivity index is 1.34. The molecule has 240 valence electrons. The predicted molar refractivity (Wildman–Crippen MR) is 179 cm³/mol. The lowest BCUT2D eigenvalue weighted by Crippen LogP contribution is -2.38. The van der Waals surface area contributed by atoms with Crippen LogP contribution in [0.3, 0.4) is 0 Å². The highest BCUT2D eigenvalue weighted by Crippen LogP contribution is 2.37. The molecule has 2 aliphatic rings. The molecule has 1 unspecified atom stereocenters. The largest absolute Gasteiger partial charge is 0.451 e. The van der Waals surface area contributed by atoms with Gasteiger partial charge >= 0.3 is 0 Å². The number of anilines is 1. The van der Waals surface area contributed by atoms with Crippen LogP contribution >= 0.6 is 0 Å². The minimum atomic E-state index is -0.685. The van der Waals surface area contributed by atoms with Crippen LogP contribution in [0, 0.1) is 5.82 Å². The quantitative estimate of drug-likeness (QED) is 0.160. The first-order valence-electron chi connectivity index (χ1n) is 15.9. The van der Waals surface area contributed by atoms with Crippen molar-refractivity contribution >= 4 is 60.7 Å². The van der Waals surface area contributed by atoms with E-state index in [-0.39, 0.29) is 66.4 Å². The maximum absolute atomic E-state index is 16.0. The number of aromatic nitrogens is 1. The van der Waals surface area contributed by atoms with E-state index in [0.717, 1.165) is 25.7 Å². The molecule has 1 amide bonds. The van der Waals surface area contributed by atoms with E-state index >= 15 is 4.39 Å². The number of pyridine rings is 1. The highest BCUT2D eigenvalue weighted by atomic mass is 19.1. The normalized spacial score (nSPS) is 17.6. The number of amides is 1. The summed E-state index contributed by atoms with van der Waals surface area (Å²) in [6, 6.07) is 10.6. The number of ether oxygens (including phenoxy) is 1. The van der Waals surface area contributed by atoms with Crippen LogP contribution in [0.2, 0.25) is 0 Å². The third-order valence-corrected chi connectivity index (χ3v) is 9.47. The fourth-order valence-electron chi connectivity index (χ4n) is 7.07. The fourth-order valence-corrected chi connectivity index (χ4v) is 7.07. The second kappa shape index (κ2) is 11.4. The Hall–Kier alpha value is -4.91. The van der Waals surface area contributed by atoms with Gasteiger partial charge in [0.25, 0.3) is 5.91 Å². The molecular formula is C35H32FN5O6. The van der Waals surface area contributed by atoms with Gasteiger partial charge in [-0.2, -0.15) is 0 Å². The first-order valence-corrected chi connectivity index (χ1v) is 15.9. The minimum absolute atomic E-state index is 0.0400. The van der Waals surface area contributed by atoms with Crippen LogP contribution in [0.4, 0.5) is 10.1 Å². The van der Waals surface area contributed by atoms with E-state index in [1.54, 1.807) is 39.6 Å². The molecule has 11 nitrogen and oxygen atoms in total. The molecular weight excluding hydrogens is 605 g/mol. The van der Waals surface area contributed by atoms with Crippen LogP contribution in [0.5, 0.6) is 0 Å². The number of hydrogen-bond donors (Lipinski definition) is 2. The number of nitrogens with zero attached hydrogens (tertiary/aromatic N) is 3. The molecule has 2 aliphatic heterocycles. The van der Waals surface area contributed by atoms with Gasteiger partial charge in [0.1, 0.15) is 16.8 Å². The number of rotatable bonds is 6. The predicted octanol–water partition coefficient (Wildman–Crippen LogP) is 2.79. The van der Waals surface area contributed by atoms with Crippen molar-refractivity contribution in [3.63, 3.8) is 0 Å². The summed E-state index contributed by atoms with van der Waals surface area (Å²) in [5.74, 6) is -1.28. The lowest BCUT2D eigenvalue weighted by Gasteiger charge is -2.26. The highest BCUT2D eigenvalue weighted by Gasteiger charge is 2.29. The van der Waals surface area contributed by atoms with Crippen LogP contribution in [-0.2, 0) is 4.74 Å². The van der Waals surface area contributed by atoms with E-state index in [1.165, 1.54) is 12.3 Å². The van der Waals surface area contributed by atoms with Crippen molar-refractivity contribution in [3.8, 4) is 0 Å². The zero-order valence-corrected chi connectivity index (χ0v) is 25.5. The van der Waals surface area contributed by atoms with Gasteiger partial charge in [-0.05, 0) is 37.6 Å². The number of hydrogen-bond acceptors (Lipinski definition) is 9. The van der Waals surface area contributed by atoms with Crippen LogP contribution < -0.4 is 32.2 Å². The zero-order valence-electron chi connectivity index (χ0n) is 25.5. The van der Waals surface area contributed by atoms with Gasteiger partial charge in [0.05, 0.1) is 24.1 Å². The average Bonchev–Trinajstić information content (AvgIpc) is 3.51. The summed E-state index contributed by atoms with van der Waals surface area (Å²) in [6.45, 7) is 4.98. The fraction of sp³-hybridized carbons (Fsp3) is 0.314. The molecule has 4 heterocycles. The topological polar surface area (TPSA) is 140 Å². The molecule has 2 fully saturated rings. The summed E-state index contributed by atoms with van der Waals surface area (Å²) in [5, 5.41) is 3.72. The van der Waals surface area contributed by atoms with Crippen molar-refractivity contribution in [1.82, 2.24) is 14.6 Å².